The second-order valence-corrected chi connectivity index (χ2v) is 5.64. The van der Waals surface area contributed by atoms with Gasteiger partial charge in [-0.05, 0) is 48.4 Å². The second-order valence-electron chi connectivity index (χ2n) is 5.64. The van der Waals surface area contributed by atoms with Gasteiger partial charge in [-0.3, -0.25) is 9.59 Å². The monoisotopic (exact) mass is 358 g/mol. The lowest BCUT2D eigenvalue weighted by Gasteiger charge is -2.18. The molecule has 1 N–H and O–H groups in total. The van der Waals surface area contributed by atoms with Crippen molar-refractivity contribution in [1.82, 2.24) is 10.2 Å². The molecule has 0 unspecified atom stereocenters. The molecule has 0 radical (unpaired) electrons. The molecule has 0 spiro atoms. The van der Waals surface area contributed by atoms with E-state index in [2.05, 4.69) is 5.32 Å². The minimum absolute atomic E-state index is 0.0932. The fourth-order valence-electron chi connectivity index (χ4n) is 2.26. The lowest BCUT2D eigenvalue weighted by atomic mass is 10.2. The highest BCUT2D eigenvalue weighted by Crippen LogP contribution is 2.06. The Morgan fingerprint density at radius 2 is 1.81 bits per heavy atom. The predicted molar refractivity (Wildman–Crippen MR) is 95.9 cm³/mol. The average Bonchev–Trinajstić information content (AvgIpc) is 2.63. The Morgan fingerprint density at radius 3 is 2.46 bits per heavy atom. The molecule has 0 aliphatic heterocycles. The molecule has 0 aromatic heterocycles. The molecule has 0 aliphatic carbocycles. The summed E-state index contributed by atoms with van der Waals surface area (Å²) in [5.41, 5.74) is 1.33. The Kier molecular flexibility index (Phi) is 7.02. The topological polar surface area (TPSA) is 49.4 Å². The summed E-state index contributed by atoms with van der Waals surface area (Å²) in [5, 5.41) is 2.69. The lowest BCUT2D eigenvalue weighted by Crippen LogP contribution is -2.39. The molecule has 6 heteroatoms. The molecule has 0 aliphatic rings. The van der Waals surface area contributed by atoms with E-state index in [0.29, 0.717) is 12.1 Å². The maximum absolute atomic E-state index is 13.1. The van der Waals surface area contributed by atoms with E-state index in [0.717, 1.165) is 5.56 Å². The molecule has 0 heterocycles. The van der Waals surface area contributed by atoms with E-state index in [-0.39, 0.29) is 36.5 Å². The highest BCUT2D eigenvalue weighted by atomic mass is 19.1. The maximum atomic E-state index is 13.1. The Morgan fingerprint density at radius 1 is 1.08 bits per heavy atom. The van der Waals surface area contributed by atoms with E-state index in [1.54, 1.807) is 31.2 Å². The Balaban J connectivity index is 1.87. The van der Waals surface area contributed by atoms with Gasteiger partial charge >= 0.3 is 0 Å². The standard InChI is InChI=1S/C20H20F2N2O2/c1-2-24(20(26)11-8-15-4-3-5-18(22)12-15)14-19(25)23-13-16-6-9-17(21)10-7-16/h3-12H,2,13-14H2,1H3,(H,23,25)/b11-8+. The predicted octanol–water partition coefficient (Wildman–Crippen LogP) is 3.14. The number of carbonyl (C=O) groups excluding carboxylic acids is 2. The smallest absolute Gasteiger partial charge is 0.247 e. The quantitative estimate of drug-likeness (QED) is 0.773. The zero-order valence-corrected chi connectivity index (χ0v) is 14.4. The molecule has 26 heavy (non-hydrogen) atoms. The number of nitrogens with one attached hydrogen (secondary N) is 1. The van der Waals surface area contributed by atoms with Crippen molar-refractivity contribution in [2.45, 2.75) is 13.5 Å². The maximum Gasteiger partial charge on any atom is 0.247 e. The summed E-state index contributed by atoms with van der Waals surface area (Å²) in [6.45, 7) is 2.28. The van der Waals surface area contributed by atoms with Crippen molar-refractivity contribution < 1.29 is 18.4 Å². The second kappa shape index (κ2) is 9.46. The first-order chi connectivity index (χ1) is 12.5. The molecule has 0 atom stereocenters. The van der Waals surface area contributed by atoms with Gasteiger partial charge in [-0.2, -0.15) is 0 Å². The minimum Gasteiger partial charge on any atom is -0.350 e. The highest BCUT2D eigenvalue weighted by molar-refractivity contribution is 5.94. The number of nitrogens with zero attached hydrogens (tertiary/aromatic N) is 1. The zero-order chi connectivity index (χ0) is 18.9. The van der Waals surface area contributed by atoms with Crippen molar-refractivity contribution in [3.63, 3.8) is 0 Å². The summed E-state index contributed by atoms with van der Waals surface area (Å²) in [6.07, 6.45) is 2.82. The fourth-order valence-corrected chi connectivity index (χ4v) is 2.26. The van der Waals surface area contributed by atoms with Crippen LogP contribution >= 0.6 is 0 Å². The van der Waals surface area contributed by atoms with Crippen molar-refractivity contribution in [3.05, 3.63) is 77.4 Å². The van der Waals surface area contributed by atoms with Gasteiger partial charge in [0.05, 0.1) is 6.54 Å². The first-order valence-corrected chi connectivity index (χ1v) is 8.21. The number of likely N-dealkylation sites (N-methyl/N-ethyl adjacent to an activating group) is 1. The highest BCUT2D eigenvalue weighted by Gasteiger charge is 2.13. The molecule has 136 valence electrons. The number of carbonyl (C=O) groups is 2. The summed E-state index contributed by atoms with van der Waals surface area (Å²) < 4.78 is 26.0. The summed E-state index contributed by atoms with van der Waals surface area (Å²) in [6, 6.07) is 11.7. The van der Waals surface area contributed by atoms with Gasteiger partial charge in [0, 0.05) is 19.2 Å². The summed E-state index contributed by atoms with van der Waals surface area (Å²) in [7, 11) is 0. The molecule has 0 saturated heterocycles. The SMILES string of the molecule is CCN(CC(=O)NCc1ccc(F)cc1)C(=O)/C=C/c1cccc(F)c1. The van der Waals surface area contributed by atoms with Crippen molar-refractivity contribution >= 4 is 17.9 Å². The van der Waals surface area contributed by atoms with Gasteiger partial charge < -0.3 is 10.2 Å². The van der Waals surface area contributed by atoms with Crippen LogP contribution in [0.2, 0.25) is 0 Å². The number of amides is 2. The molecular formula is C20H20F2N2O2. The van der Waals surface area contributed by atoms with Crippen LogP contribution in [0.1, 0.15) is 18.1 Å². The van der Waals surface area contributed by atoms with Crippen LogP contribution in [0.25, 0.3) is 6.08 Å². The van der Waals surface area contributed by atoms with Gasteiger partial charge in [0.1, 0.15) is 11.6 Å². The lowest BCUT2D eigenvalue weighted by molar-refractivity contribution is -0.132. The van der Waals surface area contributed by atoms with Gasteiger partial charge in [0.25, 0.3) is 0 Å². The molecular weight excluding hydrogens is 338 g/mol. The van der Waals surface area contributed by atoms with Crippen LogP contribution in [-0.2, 0) is 16.1 Å². The number of rotatable bonds is 7. The molecule has 2 rings (SSSR count). The van der Waals surface area contributed by atoms with Crippen molar-refractivity contribution in [2.75, 3.05) is 13.1 Å². The zero-order valence-electron chi connectivity index (χ0n) is 14.4. The normalized spacial score (nSPS) is 10.7. The van der Waals surface area contributed by atoms with Gasteiger partial charge in [-0.25, -0.2) is 8.78 Å². The molecule has 4 nitrogen and oxygen atoms in total. The average molecular weight is 358 g/mol. The van der Waals surface area contributed by atoms with E-state index in [1.165, 1.54) is 41.3 Å². The molecule has 2 aromatic rings. The fraction of sp³-hybridized carbons (Fsp3) is 0.200. The van der Waals surface area contributed by atoms with E-state index in [9.17, 15) is 18.4 Å². The summed E-state index contributed by atoms with van der Waals surface area (Å²) in [5.74, 6) is -1.38. The number of benzene rings is 2. The third-order valence-corrected chi connectivity index (χ3v) is 3.70. The van der Waals surface area contributed by atoms with Crippen LogP contribution < -0.4 is 5.32 Å². The summed E-state index contributed by atoms with van der Waals surface area (Å²) >= 11 is 0. The first-order valence-electron chi connectivity index (χ1n) is 8.21. The Labute approximate surface area is 151 Å². The van der Waals surface area contributed by atoms with E-state index >= 15 is 0 Å². The number of hydrogen-bond acceptors (Lipinski definition) is 2. The van der Waals surface area contributed by atoms with Crippen LogP contribution in [0, 0.1) is 11.6 Å². The van der Waals surface area contributed by atoms with Gasteiger partial charge in [0.15, 0.2) is 0 Å². The largest absolute Gasteiger partial charge is 0.350 e. The van der Waals surface area contributed by atoms with Crippen molar-refractivity contribution in [1.29, 1.82) is 0 Å². The minimum atomic E-state index is -0.382. The van der Waals surface area contributed by atoms with Crippen molar-refractivity contribution in [3.8, 4) is 0 Å². The van der Waals surface area contributed by atoms with E-state index in [4.69, 9.17) is 0 Å². The Bertz CT molecular complexity index is 789. The molecule has 2 aromatic carbocycles. The third-order valence-electron chi connectivity index (χ3n) is 3.70. The molecule has 0 bridgehead atoms. The summed E-state index contributed by atoms with van der Waals surface area (Å²) in [4.78, 5) is 25.6. The van der Waals surface area contributed by atoms with Crippen LogP contribution in [-0.4, -0.2) is 29.8 Å². The van der Waals surface area contributed by atoms with Crippen LogP contribution in [0.4, 0.5) is 8.78 Å². The number of hydrogen-bond donors (Lipinski definition) is 1. The molecule has 0 saturated carbocycles. The van der Waals surface area contributed by atoms with Crippen molar-refractivity contribution in [2.24, 2.45) is 0 Å². The molecule has 2 amide bonds. The van der Waals surface area contributed by atoms with Crippen LogP contribution in [0.3, 0.4) is 0 Å². The van der Waals surface area contributed by atoms with Gasteiger partial charge in [0.2, 0.25) is 11.8 Å². The molecule has 0 fully saturated rings. The Hall–Kier alpha value is -3.02. The first kappa shape index (κ1) is 19.3. The van der Waals surface area contributed by atoms with E-state index < -0.39 is 0 Å². The van der Waals surface area contributed by atoms with Gasteiger partial charge in [-0.1, -0.05) is 24.3 Å². The van der Waals surface area contributed by atoms with Crippen LogP contribution in [0.15, 0.2) is 54.6 Å². The third kappa shape index (κ3) is 6.12. The van der Waals surface area contributed by atoms with Crippen LogP contribution in [0.5, 0.6) is 0 Å². The van der Waals surface area contributed by atoms with E-state index in [1.807, 2.05) is 0 Å². The van der Waals surface area contributed by atoms with Gasteiger partial charge in [-0.15, -0.1) is 0 Å². The number of halogens is 2.